The van der Waals surface area contributed by atoms with Crippen molar-refractivity contribution in [2.45, 2.75) is 6.10 Å². The highest BCUT2D eigenvalue weighted by Gasteiger charge is 1.93. The lowest BCUT2D eigenvalue weighted by molar-refractivity contribution is 0.0450. The van der Waals surface area contributed by atoms with Crippen LogP contribution in [0.15, 0.2) is 0 Å². The molecule has 0 rings (SSSR count). The van der Waals surface area contributed by atoms with Gasteiger partial charge in [-0.1, -0.05) is 0 Å². The van der Waals surface area contributed by atoms with Gasteiger partial charge in [0.05, 0.1) is 15.9 Å². The van der Waals surface area contributed by atoms with E-state index >= 15 is 0 Å². The highest BCUT2D eigenvalue weighted by atomic mass is 16.4. The van der Waals surface area contributed by atoms with E-state index in [1.54, 1.807) is 0 Å². The van der Waals surface area contributed by atoms with Gasteiger partial charge in [0, 0.05) is 0 Å². The van der Waals surface area contributed by atoms with E-state index in [-0.39, 0.29) is 0 Å². The molecule has 0 aromatic rings. The zero-order chi connectivity index (χ0) is 6.78. The van der Waals surface area contributed by atoms with Crippen molar-refractivity contribution in [3.8, 4) is 0 Å². The monoisotopic (exact) mass is 95.1 g/mol. The molecule has 0 fully saturated rings. The van der Waals surface area contributed by atoms with Gasteiger partial charge < -0.3 is 15.3 Å². The average Bonchev–Trinajstić information content (AvgIpc) is 1.62. The molecule has 0 aliphatic carbocycles. The summed E-state index contributed by atoms with van der Waals surface area (Å²) < 4.78 is 12.7. The van der Waals surface area contributed by atoms with Crippen molar-refractivity contribution < 1.29 is 18.1 Å². The van der Waals surface area contributed by atoms with E-state index in [2.05, 4.69) is 0 Å². The molecule has 3 nitrogen and oxygen atoms in total. The van der Waals surface area contributed by atoms with Crippen LogP contribution in [0.2, 0.25) is 0 Å². The molecular formula is C3H8O3. The van der Waals surface area contributed by atoms with Crippen LogP contribution in [0.4, 0.5) is 0 Å². The maximum atomic E-state index is 8.32. The standard InChI is InChI=1S/C3H8O3/c4-1-3(6)2-5/h3-6H,1-2H2/i1D2,3+1/t3-/m0/s1. The Morgan fingerprint density at radius 3 is 2.17 bits per heavy atom. The molecule has 0 unspecified atom stereocenters. The highest BCUT2D eigenvalue weighted by molar-refractivity contribution is 4.43. The van der Waals surface area contributed by atoms with Crippen LogP contribution < -0.4 is 0 Å². The Bertz CT molecular complexity index is 69.4. The number of hydrogen-bond donors (Lipinski definition) is 3. The van der Waals surface area contributed by atoms with Gasteiger partial charge in [0.15, 0.2) is 0 Å². The summed E-state index contributed by atoms with van der Waals surface area (Å²) in [6.45, 7) is -3.46. The fourth-order valence-electron chi connectivity index (χ4n) is 0.0408. The number of aliphatic hydroxyl groups is 3. The van der Waals surface area contributed by atoms with Crippen LogP contribution >= 0.6 is 0 Å². The summed E-state index contributed by atoms with van der Waals surface area (Å²) >= 11 is 0. The van der Waals surface area contributed by atoms with Gasteiger partial charge in [0.2, 0.25) is 0 Å². The summed E-state index contributed by atoms with van der Waals surface area (Å²) in [6, 6.07) is 0. The van der Waals surface area contributed by atoms with E-state index in [9.17, 15) is 0 Å². The summed E-state index contributed by atoms with van der Waals surface area (Å²) in [7, 11) is 0. The van der Waals surface area contributed by atoms with E-state index < -0.39 is 19.3 Å². The van der Waals surface area contributed by atoms with E-state index in [1.807, 2.05) is 0 Å². The molecule has 0 spiro atoms. The number of aliphatic hydroxyl groups excluding tert-OH is 2. The predicted octanol–water partition coefficient (Wildman–Crippen LogP) is -1.67. The molecule has 0 amide bonds. The lowest BCUT2D eigenvalue weighted by Crippen LogP contribution is -2.15. The van der Waals surface area contributed by atoms with Gasteiger partial charge in [-0.15, -0.1) is 0 Å². The molecule has 38 valence electrons. The maximum Gasteiger partial charge on any atom is 0.100 e. The Morgan fingerprint density at radius 1 is 1.67 bits per heavy atom. The summed E-state index contributed by atoms with van der Waals surface area (Å²) in [5.74, 6) is 0. The van der Waals surface area contributed by atoms with Crippen LogP contribution in [0.25, 0.3) is 0 Å². The number of rotatable bonds is 2. The summed E-state index contributed by atoms with van der Waals surface area (Å²) in [4.78, 5) is 0. The SMILES string of the molecule is [2H]C([2H])(O)[13C@H](O)CO. The van der Waals surface area contributed by atoms with Crippen LogP contribution in [0.3, 0.4) is 0 Å². The fourth-order valence-corrected chi connectivity index (χ4v) is 0.0408. The van der Waals surface area contributed by atoms with Crippen LogP contribution in [-0.2, 0) is 0 Å². The first-order valence-electron chi connectivity index (χ1n) is 2.49. The van der Waals surface area contributed by atoms with Crippen LogP contribution in [0.5, 0.6) is 0 Å². The quantitative estimate of drug-likeness (QED) is 0.359. The molecule has 0 saturated carbocycles. The molecule has 0 saturated heterocycles. The molecular weight excluding hydrogens is 85.0 g/mol. The Hall–Kier alpha value is -0.120. The number of hydrogen-bond acceptors (Lipinski definition) is 3. The molecule has 1 atom stereocenters. The molecule has 0 aromatic carbocycles. The third kappa shape index (κ3) is 2.14. The smallest absolute Gasteiger partial charge is 0.100 e. The normalized spacial score (nSPS) is 21.8. The highest BCUT2D eigenvalue weighted by Crippen LogP contribution is 1.71. The molecule has 0 aliphatic rings. The average molecular weight is 95.1 g/mol. The van der Waals surface area contributed by atoms with Gasteiger partial charge in [0.25, 0.3) is 0 Å². The second-order valence-electron chi connectivity index (χ2n) is 0.827. The maximum absolute atomic E-state index is 8.32. The van der Waals surface area contributed by atoms with Crippen molar-refractivity contribution >= 4 is 0 Å². The second-order valence-corrected chi connectivity index (χ2v) is 0.827. The first-order chi connectivity index (χ1) is 3.48. The van der Waals surface area contributed by atoms with Crippen LogP contribution in [0.1, 0.15) is 2.74 Å². The second kappa shape index (κ2) is 3.08. The molecule has 0 bridgehead atoms. The van der Waals surface area contributed by atoms with Crippen molar-refractivity contribution in [2.24, 2.45) is 0 Å². The fraction of sp³-hybridized carbons (Fsp3) is 1.00. The minimum atomic E-state index is -2.69. The lowest BCUT2D eigenvalue weighted by atomic mass is 10.8. The zero-order valence-corrected chi connectivity index (χ0v) is 3.13. The minimum Gasteiger partial charge on any atom is -0.394 e. The third-order valence-corrected chi connectivity index (χ3v) is 0.322. The molecule has 0 radical (unpaired) electrons. The van der Waals surface area contributed by atoms with E-state index in [0.717, 1.165) is 0 Å². The first-order valence-corrected chi connectivity index (χ1v) is 1.49. The molecule has 0 aromatic heterocycles. The molecule has 0 heterocycles. The van der Waals surface area contributed by atoms with Crippen LogP contribution in [0, 0.1) is 0 Å². The topological polar surface area (TPSA) is 60.7 Å². The van der Waals surface area contributed by atoms with Crippen molar-refractivity contribution in [2.75, 3.05) is 13.2 Å². The zero-order valence-electron chi connectivity index (χ0n) is 5.13. The van der Waals surface area contributed by atoms with Crippen molar-refractivity contribution in [3.63, 3.8) is 0 Å². The minimum absolute atomic E-state index is 0.774. The largest absolute Gasteiger partial charge is 0.394 e. The van der Waals surface area contributed by atoms with Gasteiger partial charge in [-0.3, -0.25) is 0 Å². The predicted molar refractivity (Wildman–Crippen MR) is 20.2 cm³/mol. The van der Waals surface area contributed by atoms with Gasteiger partial charge in [-0.25, -0.2) is 0 Å². The van der Waals surface area contributed by atoms with E-state index in [4.69, 9.17) is 18.1 Å². The van der Waals surface area contributed by atoms with Crippen LogP contribution in [-0.4, -0.2) is 34.6 Å². The lowest BCUT2D eigenvalue weighted by Gasteiger charge is -1.96. The molecule has 3 heteroatoms. The summed E-state index contributed by atoms with van der Waals surface area (Å²) in [5, 5.41) is 24.5. The third-order valence-electron chi connectivity index (χ3n) is 0.322. The van der Waals surface area contributed by atoms with E-state index in [0.29, 0.717) is 0 Å². The van der Waals surface area contributed by atoms with Crippen molar-refractivity contribution in [1.82, 2.24) is 0 Å². The van der Waals surface area contributed by atoms with Crippen molar-refractivity contribution in [1.29, 1.82) is 0 Å². The summed E-state index contributed by atoms with van der Waals surface area (Å²) in [6.07, 6.45) is -1.71. The molecule has 0 aliphatic heterocycles. The van der Waals surface area contributed by atoms with Gasteiger partial charge in [-0.05, 0) is 0 Å². The Balaban J connectivity index is 3.62. The molecule has 6 heavy (non-hydrogen) atoms. The van der Waals surface area contributed by atoms with Gasteiger partial charge in [0.1, 0.15) is 6.10 Å². The Labute approximate surface area is 38.7 Å². The molecule has 3 N–H and O–H groups in total. The van der Waals surface area contributed by atoms with Crippen molar-refractivity contribution in [3.05, 3.63) is 0 Å². The van der Waals surface area contributed by atoms with Gasteiger partial charge >= 0.3 is 0 Å². The van der Waals surface area contributed by atoms with E-state index in [1.165, 1.54) is 0 Å². The van der Waals surface area contributed by atoms with Gasteiger partial charge in [-0.2, -0.15) is 0 Å². The first kappa shape index (κ1) is 2.96. The summed E-state index contributed by atoms with van der Waals surface area (Å²) in [5.41, 5.74) is 0. The Morgan fingerprint density at radius 2 is 2.17 bits per heavy atom. The Kier molecular flexibility index (Phi) is 1.52.